The van der Waals surface area contributed by atoms with Crippen molar-refractivity contribution >= 4 is 17.5 Å². The van der Waals surface area contributed by atoms with Gasteiger partial charge in [0.15, 0.2) is 11.7 Å². The molecule has 0 radical (unpaired) electrons. The SMILES string of the molecule is N#C[C@H](C(=O)c1ccc(N2CCCC2)nc1)C(=O)N1CCCC1. The van der Waals surface area contributed by atoms with E-state index in [1.54, 1.807) is 17.0 Å². The smallest absolute Gasteiger partial charge is 0.247 e. The molecule has 23 heavy (non-hydrogen) atoms. The predicted molar refractivity (Wildman–Crippen MR) is 84.9 cm³/mol. The molecule has 3 heterocycles. The molecule has 6 nitrogen and oxygen atoms in total. The number of amides is 1. The van der Waals surface area contributed by atoms with E-state index in [1.165, 1.54) is 6.20 Å². The van der Waals surface area contributed by atoms with Crippen LogP contribution in [-0.4, -0.2) is 47.8 Å². The lowest BCUT2D eigenvalue weighted by Gasteiger charge is -2.18. The summed E-state index contributed by atoms with van der Waals surface area (Å²) in [5.41, 5.74) is 0.326. The van der Waals surface area contributed by atoms with E-state index >= 15 is 0 Å². The molecular formula is C17H20N4O2. The highest BCUT2D eigenvalue weighted by Gasteiger charge is 2.32. The lowest BCUT2D eigenvalue weighted by molar-refractivity contribution is -0.131. The molecule has 2 aliphatic heterocycles. The van der Waals surface area contributed by atoms with Crippen LogP contribution in [0.3, 0.4) is 0 Å². The third-order valence-electron chi connectivity index (χ3n) is 4.52. The normalized spacial score (nSPS) is 18.7. The van der Waals surface area contributed by atoms with Crippen molar-refractivity contribution in [2.75, 3.05) is 31.1 Å². The van der Waals surface area contributed by atoms with Gasteiger partial charge in [-0.25, -0.2) is 4.98 Å². The largest absolute Gasteiger partial charge is 0.357 e. The fourth-order valence-corrected chi connectivity index (χ4v) is 3.18. The van der Waals surface area contributed by atoms with Crippen molar-refractivity contribution in [2.45, 2.75) is 25.7 Å². The van der Waals surface area contributed by atoms with Crippen LogP contribution in [0.4, 0.5) is 5.82 Å². The molecule has 3 rings (SSSR count). The Morgan fingerprint density at radius 3 is 2.30 bits per heavy atom. The van der Waals surface area contributed by atoms with Gasteiger partial charge in [-0.2, -0.15) is 5.26 Å². The van der Waals surface area contributed by atoms with Crippen molar-refractivity contribution in [1.82, 2.24) is 9.88 Å². The van der Waals surface area contributed by atoms with Crippen molar-refractivity contribution in [3.05, 3.63) is 23.9 Å². The lowest BCUT2D eigenvalue weighted by atomic mass is 9.99. The Labute approximate surface area is 135 Å². The van der Waals surface area contributed by atoms with E-state index in [9.17, 15) is 14.9 Å². The summed E-state index contributed by atoms with van der Waals surface area (Å²) in [6.07, 6.45) is 5.67. The summed E-state index contributed by atoms with van der Waals surface area (Å²) in [5, 5.41) is 9.27. The Bertz CT molecular complexity index is 623. The second-order valence-corrected chi connectivity index (χ2v) is 6.06. The van der Waals surface area contributed by atoms with Gasteiger partial charge in [0.25, 0.3) is 0 Å². The number of hydrogen-bond acceptors (Lipinski definition) is 5. The minimum Gasteiger partial charge on any atom is -0.357 e. The lowest BCUT2D eigenvalue weighted by Crippen LogP contribution is -2.37. The number of carbonyl (C=O) groups is 2. The van der Waals surface area contributed by atoms with Crippen LogP contribution in [0, 0.1) is 17.2 Å². The maximum atomic E-state index is 12.5. The highest BCUT2D eigenvalue weighted by Crippen LogP contribution is 2.20. The first kappa shape index (κ1) is 15.5. The highest BCUT2D eigenvalue weighted by atomic mass is 16.2. The van der Waals surface area contributed by atoms with Gasteiger partial charge >= 0.3 is 0 Å². The van der Waals surface area contributed by atoms with E-state index < -0.39 is 11.7 Å². The number of nitrogens with zero attached hydrogens (tertiary/aromatic N) is 4. The zero-order valence-electron chi connectivity index (χ0n) is 13.1. The van der Waals surface area contributed by atoms with E-state index in [0.29, 0.717) is 18.7 Å². The molecule has 0 aromatic carbocycles. The Morgan fingerprint density at radius 2 is 1.74 bits per heavy atom. The molecular weight excluding hydrogens is 292 g/mol. The molecule has 2 fully saturated rings. The van der Waals surface area contributed by atoms with E-state index in [1.807, 2.05) is 6.07 Å². The van der Waals surface area contributed by atoms with Gasteiger partial charge in [-0.05, 0) is 37.8 Å². The van der Waals surface area contributed by atoms with Gasteiger partial charge in [0.1, 0.15) is 5.82 Å². The van der Waals surface area contributed by atoms with Crippen molar-refractivity contribution in [1.29, 1.82) is 5.26 Å². The van der Waals surface area contributed by atoms with Gasteiger partial charge in [-0.3, -0.25) is 9.59 Å². The Kier molecular flexibility index (Phi) is 4.56. The van der Waals surface area contributed by atoms with Crippen LogP contribution in [-0.2, 0) is 4.79 Å². The van der Waals surface area contributed by atoms with E-state index in [4.69, 9.17) is 0 Å². The first-order valence-corrected chi connectivity index (χ1v) is 8.14. The summed E-state index contributed by atoms with van der Waals surface area (Å²) in [5.74, 6) is -1.24. The number of ketones is 1. The number of anilines is 1. The number of Topliss-reactive ketones (excluding diaryl/α,β-unsaturated/α-hetero) is 1. The zero-order valence-corrected chi connectivity index (χ0v) is 13.1. The monoisotopic (exact) mass is 312 g/mol. The van der Waals surface area contributed by atoms with Crippen LogP contribution in [0.5, 0.6) is 0 Å². The topological polar surface area (TPSA) is 77.3 Å². The molecule has 0 N–H and O–H groups in total. The Balaban J connectivity index is 1.72. The molecule has 0 aliphatic carbocycles. The number of rotatable bonds is 4. The van der Waals surface area contributed by atoms with Crippen molar-refractivity contribution < 1.29 is 9.59 Å². The van der Waals surface area contributed by atoms with Gasteiger partial charge < -0.3 is 9.80 Å². The minimum absolute atomic E-state index is 0.326. The quantitative estimate of drug-likeness (QED) is 0.624. The van der Waals surface area contributed by atoms with Gasteiger partial charge in [-0.1, -0.05) is 0 Å². The maximum Gasteiger partial charge on any atom is 0.247 e. The minimum atomic E-state index is -1.26. The summed E-state index contributed by atoms with van der Waals surface area (Å²) in [6.45, 7) is 3.23. The molecule has 1 atom stereocenters. The molecule has 1 amide bonds. The summed E-state index contributed by atoms with van der Waals surface area (Å²) in [4.78, 5) is 32.9. The molecule has 0 unspecified atom stereocenters. The average molecular weight is 312 g/mol. The third-order valence-corrected chi connectivity index (χ3v) is 4.52. The Hall–Kier alpha value is -2.42. The molecule has 1 aromatic heterocycles. The summed E-state index contributed by atoms with van der Waals surface area (Å²) >= 11 is 0. The fourth-order valence-electron chi connectivity index (χ4n) is 3.18. The molecule has 120 valence electrons. The second-order valence-electron chi connectivity index (χ2n) is 6.06. The molecule has 2 saturated heterocycles. The van der Waals surface area contributed by atoms with E-state index in [0.717, 1.165) is 44.6 Å². The Morgan fingerprint density at radius 1 is 1.09 bits per heavy atom. The number of hydrogen-bond donors (Lipinski definition) is 0. The fraction of sp³-hybridized carbons (Fsp3) is 0.529. The average Bonchev–Trinajstić information content (AvgIpc) is 3.29. The molecule has 1 aromatic rings. The van der Waals surface area contributed by atoms with Crippen molar-refractivity contribution in [2.24, 2.45) is 5.92 Å². The summed E-state index contributed by atoms with van der Waals surface area (Å²) in [6, 6.07) is 5.34. The second kappa shape index (κ2) is 6.78. The van der Waals surface area contributed by atoms with Crippen LogP contribution in [0.1, 0.15) is 36.0 Å². The van der Waals surface area contributed by atoms with E-state index in [-0.39, 0.29) is 5.91 Å². The van der Waals surface area contributed by atoms with Crippen LogP contribution in [0.15, 0.2) is 18.3 Å². The number of pyridine rings is 1. The van der Waals surface area contributed by atoms with Crippen LogP contribution in [0.2, 0.25) is 0 Å². The van der Waals surface area contributed by atoms with Crippen molar-refractivity contribution in [3.8, 4) is 6.07 Å². The molecule has 0 spiro atoms. The predicted octanol–water partition coefficient (Wildman–Crippen LogP) is 1.63. The number of carbonyl (C=O) groups excluding carboxylic acids is 2. The zero-order chi connectivity index (χ0) is 16.2. The first-order chi connectivity index (χ1) is 11.2. The van der Waals surface area contributed by atoms with Crippen LogP contribution >= 0.6 is 0 Å². The van der Waals surface area contributed by atoms with Gasteiger partial charge in [0.2, 0.25) is 5.91 Å². The number of nitriles is 1. The summed E-state index contributed by atoms with van der Waals surface area (Å²) in [7, 11) is 0. The van der Waals surface area contributed by atoms with E-state index in [2.05, 4.69) is 9.88 Å². The third kappa shape index (κ3) is 3.19. The van der Waals surface area contributed by atoms with Crippen LogP contribution < -0.4 is 4.90 Å². The van der Waals surface area contributed by atoms with Crippen LogP contribution in [0.25, 0.3) is 0 Å². The molecule has 2 aliphatic rings. The highest BCUT2D eigenvalue weighted by molar-refractivity contribution is 6.12. The number of likely N-dealkylation sites (tertiary alicyclic amines) is 1. The van der Waals surface area contributed by atoms with Gasteiger partial charge in [0, 0.05) is 37.9 Å². The first-order valence-electron chi connectivity index (χ1n) is 8.14. The van der Waals surface area contributed by atoms with Gasteiger partial charge in [-0.15, -0.1) is 0 Å². The molecule has 0 saturated carbocycles. The van der Waals surface area contributed by atoms with Gasteiger partial charge in [0.05, 0.1) is 6.07 Å². The molecule has 0 bridgehead atoms. The number of aromatic nitrogens is 1. The molecule has 6 heteroatoms. The summed E-state index contributed by atoms with van der Waals surface area (Å²) < 4.78 is 0. The maximum absolute atomic E-state index is 12.5. The standard InChI is InChI=1S/C17H20N4O2/c18-11-14(17(23)21-9-3-4-10-21)16(22)13-5-6-15(19-12-13)20-7-1-2-8-20/h5-6,12,14H,1-4,7-10H2/t14-/m1/s1. The van der Waals surface area contributed by atoms with Crippen molar-refractivity contribution in [3.63, 3.8) is 0 Å².